The van der Waals surface area contributed by atoms with Gasteiger partial charge < -0.3 is 24.8 Å². The van der Waals surface area contributed by atoms with Crippen molar-refractivity contribution in [2.24, 2.45) is 0 Å². The maximum Gasteiger partial charge on any atom is 0.345 e. The Kier molecular flexibility index (Phi) is 9.88. The lowest BCUT2D eigenvalue weighted by Gasteiger charge is -2.38. The number of ether oxygens (including phenoxy) is 3. The number of hydrogen-bond donors (Lipinski definition) is 2. The lowest BCUT2D eigenvalue weighted by Crippen LogP contribution is -2.57. The maximum atomic E-state index is 14.5. The smallest absolute Gasteiger partial charge is 0.345 e. The Morgan fingerprint density at radius 3 is 2.23 bits per heavy atom. The Morgan fingerprint density at radius 1 is 0.974 bits per heavy atom. The van der Waals surface area contributed by atoms with Crippen molar-refractivity contribution in [1.82, 2.24) is 0 Å². The molecule has 0 aromatic heterocycles. The zero-order valence-corrected chi connectivity index (χ0v) is 21.4. The zero-order valence-electron chi connectivity index (χ0n) is 21.4. The molecule has 0 heterocycles. The van der Waals surface area contributed by atoms with E-state index in [1.165, 1.54) is 12.1 Å². The van der Waals surface area contributed by atoms with E-state index in [2.05, 4.69) is 17.2 Å². The highest BCUT2D eigenvalue weighted by Crippen LogP contribution is 2.36. The molecule has 0 bridgehead atoms. The number of amides is 1. The Balaban J connectivity index is 2.15. The largest absolute Gasteiger partial charge is 0.467 e. The first-order valence-electron chi connectivity index (χ1n) is 11.9. The van der Waals surface area contributed by atoms with E-state index in [-0.39, 0.29) is 18.8 Å². The molecular weight excluding hydrogens is 510 g/mol. The molecule has 0 saturated carbocycles. The first kappa shape index (κ1) is 29.0. The van der Waals surface area contributed by atoms with E-state index in [1.54, 1.807) is 49.4 Å². The lowest BCUT2D eigenvalue weighted by atomic mass is 9.85. The van der Waals surface area contributed by atoms with E-state index < -0.39 is 41.1 Å². The molecule has 3 aromatic rings. The fourth-order valence-corrected chi connectivity index (χ4v) is 3.84. The summed E-state index contributed by atoms with van der Waals surface area (Å²) in [6.07, 6.45) is 1.11. The number of esters is 2. The molecule has 3 aromatic carbocycles. The molecule has 0 fully saturated rings. The summed E-state index contributed by atoms with van der Waals surface area (Å²) in [6.45, 7) is 4.74. The van der Waals surface area contributed by atoms with Gasteiger partial charge in [0.15, 0.2) is 17.7 Å². The molecule has 0 saturated heterocycles. The third kappa shape index (κ3) is 6.85. The predicted octanol–water partition coefficient (Wildman–Crippen LogP) is 4.72. The molecule has 0 aliphatic carbocycles. The molecule has 2 N–H and O–H groups in total. The first-order chi connectivity index (χ1) is 18.7. The number of carbonyl (C=O) groups excluding carboxylic acids is 3. The molecule has 0 aliphatic heterocycles. The fourth-order valence-electron chi connectivity index (χ4n) is 3.84. The lowest BCUT2D eigenvalue weighted by molar-refractivity contribution is -0.183. The van der Waals surface area contributed by atoms with Gasteiger partial charge in [-0.2, -0.15) is 0 Å². The minimum absolute atomic E-state index is 0.0444. The van der Waals surface area contributed by atoms with Crippen LogP contribution < -0.4 is 10.6 Å². The second-order valence-corrected chi connectivity index (χ2v) is 8.23. The molecule has 204 valence electrons. The van der Waals surface area contributed by atoms with Gasteiger partial charge in [0.2, 0.25) is 11.5 Å². The van der Waals surface area contributed by atoms with Crippen molar-refractivity contribution in [3.63, 3.8) is 0 Å². The molecule has 1 amide bonds. The summed E-state index contributed by atoms with van der Waals surface area (Å²) >= 11 is 0. The van der Waals surface area contributed by atoms with Gasteiger partial charge in [-0.3, -0.25) is 4.79 Å². The van der Waals surface area contributed by atoms with Crippen molar-refractivity contribution >= 4 is 29.2 Å². The van der Waals surface area contributed by atoms with Gasteiger partial charge >= 0.3 is 11.9 Å². The van der Waals surface area contributed by atoms with Gasteiger partial charge in [0.05, 0.1) is 20.3 Å². The van der Waals surface area contributed by atoms with Crippen molar-refractivity contribution in [3.8, 4) is 0 Å². The topological polar surface area (TPSA) is 103 Å². The van der Waals surface area contributed by atoms with Gasteiger partial charge in [-0.05, 0) is 55.0 Å². The summed E-state index contributed by atoms with van der Waals surface area (Å²) < 4.78 is 44.9. The van der Waals surface area contributed by atoms with Crippen molar-refractivity contribution in [2.75, 3.05) is 24.4 Å². The number of halogens is 2. The van der Waals surface area contributed by atoms with Crippen LogP contribution in [0.2, 0.25) is 0 Å². The fraction of sp³-hybridized carbons (Fsp3) is 0.207. The van der Waals surface area contributed by atoms with E-state index >= 15 is 0 Å². The molecule has 0 radical (unpaired) electrons. The maximum absolute atomic E-state index is 14.5. The van der Waals surface area contributed by atoms with Gasteiger partial charge in [0, 0.05) is 16.9 Å². The predicted molar refractivity (Wildman–Crippen MR) is 141 cm³/mol. The third-order valence-corrected chi connectivity index (χ3v) is 5.72. The standard InChI is InChI=1S/C29H28F2N2O6/c1-4-25(34)32-21-12-14-22(15-13-21)33-26(27(35)38-5-2)29(28(36)37-3,20-11-16-23(30)24(31)17-20)39-18-19-9-7-6-8-10-19/h4,6-17,26,33H,1,5,18H2,2-3H3,(H,32,34). The van der Waals surface area contributed by atoms with E-state index in [9.17, 15) is 23.2 Å². The van der Waals surface area contributed by atoms with Crippen LogP contribution in [0.3, 0.4) is 0 Å². The Morgan fingerprint density at radius 2 is 1.64 bits per heavy atom. The van der Waals surface area contributed by atoms with Crippen LogP contribution >= 0.6 is 0 Å². The van der Waals surface area contributed by atoms with Gasteiger partial charge in [0.25, 0.3) is 0 Å². The summed E-state index contributed by atoms with van der Waals surface area (Å²) in [6, 6.07) is 16.1. The summed E-state index contributed by atoms with van der Waals surface area (Å²) in [5.41, 5.74) is -1.09. The second kappa shape index (κ2) is 13.3. The summed E-state index contributed by atoms with van der Waals surface area (Å²) in [7, 11) is 1.09. The monoisotopic (exact) mass is 538 g/mol. The highest BCUT2D eigenvalue weighted by atomic mass is 19.2. The molecular formula is C29H28F2N2O6. The van der Waals surface area contributed by atoms with Crippen LogP contribution in [-0.2, 0) is 40.8 Å². The molecule has 0 aliphatic rings. The highest BCUT2D eigenvalue weighted by molar-refractivity contribution is 5.99. The van der Waals surface area contributed by atoms with Crippen LogP contribution in [0.4, 0.5) is 20.2 Å². The Labute approximate surface area is 224 Å². The molecule has 3 rings (SSSR count). The van der Waals surface area contributed by atoms with Crippen LogP contribution in [0, 0.1) is 11.6 Å². The van der Waals surface area contributed by atoms with Crippen LogP contribution in [-0.4, -0.2) is 37.6 Å². The molecule has 10 heteroatoms. The van der Waals surface area contributed by atoms with Crippen molar-refractivity contribution in [1.29, 1.82) is 0 Å². The molecule has 39 heavy (non-hydrogen) atoms. The van der Waals surface area contributed by atoms with Crippen LogP contribution in [0.25, 0.3) is 0 Å². The Hall–Kier alpha value is -4.57. The van der Waals surface area contributed by atoms with Crippen LogP contribution in [0.5, 0.6) is 0 Å². The van der Waals surface area contributed by atoms with E-state index in [0.29, 0.717) is 16.9 Å². The molecule has 0 spiro atoms. The molecule has 2 atom stereocenters. The minimum atomic E-state index is -2.32. The summed E-state index contributed by atoms with van der Waals surface area (Å²) in [4.78, 5) is 38.5. The second-order valence-electron chi connectivity index (χ2n) is 8.23. The number of carbonyl (C=O) groups is 3. The summed E-state index contributed by atoms with van der Waals surface area (Å²) in [5.74, 6) is -4.79. The number of hydrogen-bond acceptors (Lipinski definition) is 7. The van der Waals surface area contributed by atoms with E-state index in [1.807, 2.05) is 0 Å². The highest BCUT2D eigenvalue weighted by Gasteiger charge is 2.55. The molecule has 8 nitrogen and oxygen atoms in total. The SMILES string of the molecule is C=CC(=O)Nc1ccc(NC(C(=O)OCC)C(OCc2ccccc2)(C(=O)OC)c2ccc(F)c(F)c2)cc1. The zero-order chi connectivity index (χ0) is 28.4. The van der Waals surface area contributed by atoms with Gasteiger partial charge in [0.1, 0.15) is 0 Å². The quantitative estimate of drug-likeness (QED) is 0.254. The van der Waals surface area contributed by atoms with Crippen molar-refractivity contribution in [2.45, 2.75) is 25.2 Å². The third-order valence-electron chi connectivity index (χ3n) is 5.72. The number of methoxy groups -OCH3 is 1. The number of benzene rings is 3. The summed E-state index contributed by atoms with van der Waals surface area (Å²) in [5, 5.41) is 5.53. The van der Waals surface area contributed by atoms with E-state index in [4.69, 9.17) is 14.2 Å². The van der Waals surface area contributed by atoms with Crippen molar-refractivity contribution in [3.05, 3.63) is 108 Å². The van der Waals surface area contributed by atoms with E-state index in [0.717, 1.165) is 31.4 Å². The van der Waals surface area contributed by atoms with Gasteiger partial charge in [-0.15, -0.1) is 0 Å². The average Bonchev–Trinajstić information content (AvgIpc) is 2.95. The Bertz CT molecular complexity index is 1320. The first-order valence-corrected chi connectivity index (χ1v) is 11.9. The average molecular weight is 539 g/mol. The van der Waals surface area contributed by atoms with Crippen LogP contribution in [0.15, 0.2) is 85.5 Å². The minimum Gasteiger partial charge on any atom is -0.467 e. The van der Waals surface area contributed by atoms with Crippen LogP contribution in [0.1, 0.15) is 18.1 Å². The number of nitrogens with one attached hydrogen (secondary N) is 2. The number of anilines is 2. The van der Waals surface area contributed by atoms with Gasteiger partial charge in [-0.25, -0.2) is 18.4 Å². The number of rotatable bonds is 12. The van der Waals surface area contributed by atoms with Gasteiger partial charge in [-0.1, -0.05) is 43.0 Å². The molecule has 2 unspecified atom stereocenters. The normalized spacial score (nSPS) is 12.9. The van der Waals surface area contributed by atoms with Crippen molar-refractivity contribution < 1.29 is 37.4 Å².